The maximum absolute atomic E-state index is 12.5. The summed E-state index contributed by atoms with van der Waals surface area (Å²) in [5, 5.41) is 0. The van der Waals surface area contributed by atoms with Gasteiger partial charge in [-0.3, -0.25) is 0 Å². The first-order chi connectivity index (χ1) is 9.85. The largest absolute Gasteiger partial charge is 0.464 e. The average molecular weight is 308 g/mol. The summed E-state index contributed by atoms with van der Waals surface area (Å²) >= 11 is 0. The lowest BCUT2D eigenvalue weighted by atomic mass is 10.0. The van der Waals surface area contributed by atoms with Crippen molar-refractivity contribution in [1.82, 2.24) is 4.72 Å². The lowest BCUT2D eigenvalue weighted by Crippen LogP contribution is -2.27. The van der Waals surface area contributed by atoms with E-state index in [1.54, 1.807) is 6.92 Å². The Labute approximate surface area is 125 Å². The van der Waals surface area contributed by atoms with Crippen LogP contribution in [0.5, 0.6) is 0 Å². The van der Waals surface area contributed by atoms with Gasteiger partial charge in [0.2, 0.25) is 10.0 Å². The SMILES string of the molecule is Cc1ccccc1C(C)NS(=O)(=O)c1cc(CN)oc1C. The quantitative estimate of drug-likeness (QED) is 0.888. The van der Waals surface area contributed by atoms with Crippen LogP contribution in [0.4, 0.5) is 0 Å². The summed E-state index contributed by atoms with van der Waals surface area (Å²) < 4.78 is 32.9. The van der Waals surface area contributed by atoms with E-state index >= 15 is 0 Å². The molecule has 0 saturated carbocycles. The van der Waals surface area contributed by atoms with Gasteiger partial charge < -0.3 is 10.2 Å². The van der Waals surface area contributed by atoms with Crippen LogP contribution in [-0.4, -0.2) is 8.42 Å². The molecule has 114 valence electrons. The van der Waals surface area contributed by atoms with E-state index in [-0.39, 0.29) is 17.5 Å². The number of nitrogens with two attached hydrogens (primary N) is 1. The maximum Gasteiger partial charge on any atom is 0.244 e. The highest BCUT2D eigenvalue weighted by Gasteiger charge is 2.24. The molecule has 5 nitrogen and oxygen atoms in total. The Balaban J connectivity index is 2.29. The highest BCUT2D eigenvalue weighted by Crippen LogP contribution is 2.23. The summed E-state index contributed by atoms with van der Waals surface area (Å²) in [6.07, 6.45) is 0. The van der Waals surface area contributed by atoms with Crippen molar-refractivity contribution in [2.45, 2.75) is 38.3 Å². The van der Waals surface area contributed by atoms with E-state index in [4.69, 9.17) is 10.2 Å². The predicted octanol–water partition coefficient (Wildman–Crippen LogP) is 2.39. The molecule has 0 saturated heterocycles. The van der Waals surface area contributed by atoms with Gasteiger partial charge in [0.25, 0.3) is 0 Å². The van der Waals surface area contributed by atoms with E-state index in [1.807, 2.05) is 38.1 Å². The summed E-state index contributed by atoms with van der Waals surface area (Å²) in [4.78, 5) is 0.142. The topological polar surface area (TPSA) is 85.3 Å². The van der Waals surface area contributed by atoms with E-state index in [9.17, 15) is 8.42 Å². The number of aryl methyl sites for hydroxylation is 2. The second-order valence-electron chi connectivity index (χ2n) is 5.04. The fourth-order valence-electron chi connectivity index (χ4n) is 2.32. The Kier molecular flexibility index (Phi) is 4.51. The first-order valence-corrected chi connectivity index (χ1v) is 8.20. The van der Waals surface area contributed by atoms with Crippen LogP contribution in [0.1, 0.15) is 35.6 Å². The first-order valence-electron chi connectivity index (χ1n) is 6.72. The Morgan fingerprint density at radius 2 is 1.95 bits per heavy atom. The number of sulfonamides is 1. The van der Waals surface area contributed by atoms with Crippen LogP contribution in [0.3, 0.4) is 0 Å². The van der Waals surface area contributed by atoms with Crippen LogP contribution in [0.25, 0.3) is 0 Å². The van der Waals surface area contributed by atoms with E-state index < -0.39 is 10.0 Å². The normalized spacial score (nSPS) is 13.3. The molecule has 3 N–H and O–H groups in total. The summed E-state index contributed by atoms with van der Waals surface area (Å²) in [5.74, 6) is 0.802. The van der Waals surface area contributed by atoms with Gasteiger partial charge in [0.1, 0.15) is 16.4 Å². The molecule has 1 heterocycles. The molecule has 0 amide bonds. The Bertz CT molecular complexity index is 735. The van der Waals surface area contributed by atoms with Crippen molar-refractivity contribution in [3.8, 4) is 0 Å². The fraction of sp³-hybridized carbons (Fsp3) is 0.333. The highest BCUT2D eigenvalue weighted by molar-refractivity contribution is 7.89. The van der Waals surface area contributed by atoms with Crippen molar-refractivity contribution in [3.63, 3.8) is 0 Å². The molecule has 2 rings (SSSR count). The molecule has 0 aliphatic heterocycles. The third-order valence-electron chi connectivity index (χ3n) is 3.40. The molecule has 1 atom stereocenters. The minimum atomic E-state index is -3.64. The van der Waals surface area contributed by atoms with Gasteiger partial charge in [-0.05, 0) is 31.9 Å². The van der Waals surface area contributed by atoms with Crippen molar-refractivity contribution in [3.05, 3.63) is 53.0 Å². The molecule has 6 heteroatoms. The maximum atomic E-state index is 12.5. The van der Waals surface area contributed by atoms with Gasteiger partial charge in [-0.15, -0.1) is 0 Å². The molecule has 0 aliphatic rings. The second-order valence-corrected chi connectivity index (χ2v) is 6.72. The number of benzene rings is 1. The van der Waals surface area contributed by atoms with Gasteiger partial charge in [-0.2, -0.15) is 0 Å². The van der Waals surface area contributed by atoms with Crippen LogP contribution in [0.2, 0.25) is 0 Å². The van der Waals surface area contributed by atoms with Gasteiger partial charge in [0.15, 0.2) is 0 Å². The lowest BCUT2D eigenvalue weighted by molar-refractivity contribution is 0.478. The number of hydrogen-bond acceptors (Lipinski definition) is 4. The molecule has 0 radical (unpaired) electrons. The molecule has 0 fully saturated rings. The molecule has 1 aromatic carbocycles. The summed E-state index contributed by atoms with van der Waals surface area (Å²) in [6, 6.07) is 8.83. The Morgan fingerprint density at radius 1 is 1.29 bits per heavy atom. The zero-order chi connectivity index (χ0) is 15.6. The zero-order valence-electron chi connectivity index (χ0n) is 12.4. The zero-order valence-corrected chi connectivity index (χ0v) is 13.2. The molecule has 0 aliphatic carbocycles. The third-order valence-corrected chi connectivity index (χ3v) is 5.05. The Morgan fingerprint density at radius 3 is 2.52 bits per heavy atom. The molecular weight excluding hydrogens is 288 g/mol. The van der Waals surface area contributed by atoms with Gasteiger partial charge >= 0.3 is 0 Å². The molecule has 1 aromatic heterocycles. The van der Waals surface area contributed by atoms with E-state index in [0.717, 1.165) is 11.1 Å². The second kappa shape index (κ2) is 6.01. The van der Waals surface area contributed by atoms with Crippen molar-refractivity contribution >= 4 is 10.0 Å². The molecular formula is C15H20N2O3S. The van der Waals surface area contributed by atoms with E-state index in [2.05, 4.69) is 4.72 Å². The number of rotatable bonds is 5. The van der Waals surface area contributed by atoms with Crippen LogP contribution >= 0.6 is 0 Å². The van der Waals surface area contributed by atoms with Crippen molar-refractivity contribution in [1.29, 1.82) is 0 Å². The molecule has 1 unspecified atom stereocenters. The molecule has 21 heavy (non-hydrogen) atoms. The van der Waals surface area contributed by atoms with E-state index in [1.165, 1.54) is 6.07 Å². The summed E-state index contributed by atoms with van der Waals surface area (Å²) in [5.41, 5.74) is 7.47. The van der Waals surface area contributed by atoms with Gasteiger partial charge in [0, 0.05) is 12.1 Å². The summed E-state index contributed by atoms with van der Waals surface area (Å²) in [7, 11) is -3.64. The van der Waals surface area contributed by atoms with Crippen molar-refractivity contribution < 1.29 is 12.8 Å². The minimum Gasteiger partial charge on any atom is -0.464 e. The smallest absolute Gasteiger partial charge is 0.244 e. The number of furan rings is 1. The van der Waals surface area contributed by atoms with Crippen LogP contribution in [-0.2, 0) is 16.6 Å². The van der Waals surface area contributed by atoms with E-state index in [0.29, 0.717) is 11.5 Å². The Hall–Kier alpha value is -1.63. The third kappa shape index (κ3) is 3.34. The van der Waals surface area contributed by atoms with Crippen LogP contribution < -0.4 is 10.5 Å². The standard InChI is InChI=1S/C15H20N2O3S/c1-10-6-4-5-7-14(10)11(2)17-21(18,19)15-8-13(9-16)20-12(15)3/h4-8,11,17H,9,16H2,1-3H3. The molecule has 0 spiro atoms. The molecule has 0 bridgehead atoms. The predicted molar refractivity (Wildman–Crippen MR) is 81.3 cm³/mol. The van der Waals surface area contributed by atoms with Gasteiger partial charge in [0.05, 0.1) is 6.54 Å². The van der Waals surface area contributed by atoms with Crippen molar-refractivity contribution in [2.75, 3.05) is 0 Å². The van der Waals surface area contributed by atoms with Gasteiger partial charge in [-0.1, -0.05) is 24.3 Å². The number of hydrogen-bond donors (Lipinski definition) is 2. The van der Waals surface area contributed by atoms with Crippen molar-refractivity contribution in [2.24, 2.45) is 5.73 Å². The average Bonchev–Trinajstić information content (AvgIpc) is 2.81. The molecule has 2 aromatic rings. The van der Waals surface area contributed by atoms with Gasteiger partial charge in [-0.25, -0.2) is 13.1 Å². The first kappa shape index (κ1) is 15.8. The summed E-state index contributed by atoms with van der Waals surface area (Å²) in [6.45, 7) is 5.56. The van der Waals surface area contributed by atoms with Crippen LogP contribution in [0.15, 0.2) is 39.6 Å². The number of nitrogens with one attached hydrogen (secondary N) is 1. The minimum absolute atomic E-state index is 0.142. The highest BCUT2D eigenvalue weighted by atomic mass is 32.2. The van der Waals surface area contributed by atoms with Crippen LogP contribution in [0, 0.1) is 13.8 Å². The monoisotopic (exact) mass is 308 g/mol. The fourth-order valence-corrected chi connectivity index (χ4v) is 3.75. The lowest BCUT2D eigenvalue weighted by Gasteiger charge is -2.16.